The molecule has 1 aromatic carbocycles. The zero-order valence-electron chi connectivity index (χ0n) is 13.8. The first-order valence-electron chi connectivity index (χ1n) is 8.51. The van der Waals surface area contributed by atoms with Gasteiger partial charge in [-0.3, -0.25) is 9.59 Å². The number of ether oxygens (including phenoxy) is 1. The highest BCUT2D eigenvalue weighted by molar-refractivity contribution is 5.92. The summed E-state index contributed by atoms with van der Waals surface area (Å²) in [6.07, 6.45) is 2.02. The van der Waals surface area contributed by atoms with Crippen LogP contribution in [0.1, 0.15) is 26.2 Å². The van der Waals surface area contributed by atoms with Crippen molar-refractivity contribution in [1.29, 1.82) is 0 Å². The first-order valence-corrected chi connectivity index (χ1v) is 8.51. The molecule has 0 saturated carbocycles. The average molecular weight is 334 g/mol. The second-order valence-electron chi connectivity index (χ2n) is 6.57. The van der Waals surface area contributed by atoms with E-state index in [1.165, 1.54) is 12.1 Å². The van der Waals surface area contributed by atoms with Gasteiger partial charge in [-0.25, -0.2) is 4.39 Å². The third kappa shape index (κ3) is 3.75. The number of hydrogen-bond donors (Lipinski definition) is 1. The van der Waals surface area contributed by atoms with Crippen LogP contribution >= 0.6 is 0 Å². The predicted molar refractivity (Wildman–Crippen MR) is 87.9 cm³/mol. The van der Waals surface area contributed by atoms with E-state index in [4.69, 9.17) is 4.74 Å². The highest BCUT2D eigenvalue weighted by Crippen LogP contribution is 2.26. The molecule has 0 aliphatic carbocycles. The molecule has 6 heteroatoms. The van der Waals surface area contributed by atoms with Gasteiger partial charge in [-0.1, -0.05) is 6.07 Å². The van der Waals surface area contributed by atoms with E-state index in [9.17, 15) is 14.0 Å². The molecule has 2 atom stereocenters. The lowest BCUT2D eigenvalue weighted by Crippen LogP contribution is -2.45. The van der Waals surface area contributed by atoms with Crippen LogP contribution in [-0.4, -0.2) is 42.5 Å². The van der Waals surface area contributed by atoms with Crippen molar-refractivity contribution in [3.05, 3.63) is 30.1 Å². The molecule has 0 spiro atoms. The van der Waals surface area contributed by atoms with E-state index in [-0.39, 0.29) is 35.6 Å². The lowest BCUT2D eigenvalue weighted by Gasteiger charge is -2.33. The Balaban J connectivity index is 1.51. The summed E-state index contributed by atoms with van der Waals surface area (Å²) in [6.45, 7) is 3.76. The number of piperidine rings is 1. The Morgan fingerprint density at radius 3 is 2.62 bits per heavy atom. The number of carbonyl (C=O) groups excluding carboxylic acids is 2. The minimum Gasteiger partial charge on any atom is -0.378 e. The second-order valence-corrected chi connectivity index (χ2v) is 6.57. The van der Waals surface area contributed by atoms with Gasteiger partial charge in [-0.05, 0) is 44.4 Å². The van der Waals surface area contributed by atoms with Crippen LogP contribution in [0.15, 0.2) is 24.3 Å². The number of nitrogens with zero attached hydrogens (tertiary/aromatic N) is 1. The van der Waals surface area contributed by atoms with Gasteiger partial charge in [-0.2, -0.15) is 0 Å². The maximum Gasteiger partial charge on any atom is 0.228 e. The van der Waals surface area contributed by atoms with Gasteiger partial charge in [0.05, 0.1) is 12.0 Å². The van der Waals surface area contributed by atoms with Crippen LogP contribution < -0.4 is 5.32 Å². The molecule has 2 saturated heterocycles. The smallest absolute Gasteiger partial charge is 0.228 e. The van der Waals surface area contributed by atoms with Crippen LogP contribution in [0.3, 0.4) is 0 Å². The number of hydrogen-bond acceptors (Lipinski definition) is 3. The number of halogens is 1. The average Bonchev–Trinajstić information content (AvgIpc) is 3.00. The zero-order valence-corrected chi connectivity index (χ0v) is 13.8. The number of carbonyl (C=O) groups is 2. The van der Waals surface area contributed by atoms with Crippen molar-refractivity contribution < 1.29 is 18.7 Å². The summed E-state index contributed by atoms with van der Waals surface area (Å²) in [7, 11) is 0. The van der Waals surface area contributed by atoms with Gasteiger partial charge in [0, 0.05) is 31.3 Å². The van der Waals surface area contributed by atoms with Crippen molar-refractivity contribution >= 4 is 17.5 Å². The lowest BCUT2D eigenvalue weighted by atomic mass is 9.93. The Labute approximate surface area is 141 Å². The Kier molecular flexibility index (Phi) is 5.14. The first-order chi connectivity index (χ1) is 11.5. The molecule has 0 radical (unpaired) electrons. The zero-order chi connectivity index (χ0) is 17.1. The van der Waals surface area contributed by atoms with E-state index in [1.54, 1.807) is 12.1 Å². The summed E-state index contributed by atoms with van der Waals surface area (Å²) in [5.41, 5.74) is 0.468. The molecule has 2 heterocycles. The standard InChI is InChI=1S/C18H23FN2O3/c1-12-16(7-10-24-12)18(23)21-8-5-13(6-9-21)17(22)20-15-4-2-3-14(19)11-15/h2-4,11-13,16H,5-10H2,1H3,(H,20,22). The molecule has 3 rings (SSSR count). The van der Waals surface area contributed by atoms with Crippen LogP contribution in [0.25, 0.3) is 0 Å². The SMILES string of the molecule is CC1OCCC1C(=O)N1CCC(C(=O)Nc2cccc(F)c2)CC1. The summed E-state index contributed by atoms with van der Waals surface area (Å²) in [4.78, 5) is 26.7. The normalized spacial score (nSPS) is 24.8. The number of nitrogens with one attached hydrogen (secondary N) is 1. The number of likely N-dealkylation sites (tertiary alicyclic amines) is 1. The summed E-state index contributed by atoms with van der Waals surface area (Å²) in [5, 5.41) is 2.76. The maximum absolute atomic E-state index is 13.2. The van der Waals surface area contributed by atoms with E-state index in [0.717, 1.165) is 6.42 Å². The fourth-order valence-corrected chi connectivity index (χ4v) is 3.46. The van der Waals surface area contributed by atoms with Crippen LogP contribution in [0.4, 0.5) is 10.1 Å². The molecule has 0 aromatic heterocycles. The molecule has 2 aliphatic heterocycles. The number of benzene rings is 1. The van der Waals surface area contributed by atoms with Crippen molar-refractivity contribution in [2.45, 2.75) is 32.3 Å². The maximum atomic E-state index is 13.2. The van der Waals surface area contributed by atoms with Gasteiger partial charge in [0.15, 0.2) is 0 Å². The highest BCUT2D eigenvalue weighted by atomic mass is 19.1. The first kappa shape index (κ1) is 16.9. The molecule has 2 aliphatic rings. The largest absolute Gasteiger partial charge is 0.378 e. The number of rotatable bonds is 3. The molecule has 5 nitrogen and oxygen atoms in total. The van der Waals surface area contributed by atoms with E-state index in [0.29, 0.717) is 38.2 Å². The summed E-state index contributed by atoms with van der Waals surface area (Å²) in [5.74, 6) is -0.535. The van der Waals surface area contributed by atoms with E-state index >= 15 is 0 Å². The van der Waals surface area contributed by atoms with Crippen LogP contribution in [0.2, 0.25) is 0 Å². The van der Waals surface area contributed by atoms with Gasteiger partial charge in [0.1, 0.15) is 5.82 Å². The lowest BCUT2D eigenvalue weighted by molar-refractivity contribution is -0.139. The Morgan fingerprint density at radius 1 is 1.25 bits per heavy atom. The fraction of sp³-hybridized carbons (Fsp3) is 0.556. The van der Waals surface area contributed by atoms with Crippen molar-refractivity contribution in [3.8, 4) is 0 Å². The van der Waals surface area contributed by atoms with Crippen molar-refractivity contribution in [1.82, 2.24) is 4.90 Å². The topological polar surface area (TPSA) is 58.6 Å². The van der Waals surface area contributed by atoms with Crippen molar-refractivity contribution in [2.24, 2.45) is 11.8 Å². The molecule has 2 unspecified atom stereocenters. The van der Waals surface area contributed by atoms with E-state index in [1.807, 2.05) is 11.8 Å². The molecular weight excluding hydrogens is 311 g/mol. The Morgan fingerprint density at radius 2 is 2.00 bits per heavy atom. The van der Waals surface area contributed by atoms with Crippen LogP contribution in [0.5, 0.6) is 0 Å². The van der Waals surface area contributed by atoms with E-state index in [2.05, 4.69) is 5.32 Å². The molecule has 24 heavy (non-hydrogen) atoms. The Hall–Kier alpha value is -1.95. The molecule has 2 amide bonds. The second kappa shape index (κ2) is 7.30. The molecular formula is C18H23FN2O3. The number of anilines is 1. The number of amides is 2. The summed E-state index contributed by atoms with van der Waals surface area (Å²) >= 11 is 0. The summed E-state index contributed by atoms with van der Waals surface area (Å²) < 4.78 is 18.6. The van der Waals surface area contributed by atoms with Gasteiger partial charge in [0.2, 0.25) is 11.8 Å². The van der Waals surface area contributed by atoms with Crippen molar-refractivity contribution in [2.75, 3.05) is 25.0 Å². The monoisotopic (exact) mass is 334 g/mol. The van der Waals surface area contributed by atoms with E-state index < -0.39 is 0 Å². The van der Waals surface area contributed by atoms with Gasteiger partial charge >= 0.3 is 0 Å². The van der Waals surface area contributed by atoms with Crippen LogP contribution in [0, 0.1) is 17.7 Å². The third-order valence-corrected chi connectivity index (χ3v) is 4.96. The quantitative estimate of drug-likeness (QED) is 0.923. The molecule has 0 bridgehead atoms. The van der Waals surface area contributed by atoms with Gasteiger partial charge in [-0.15, -0.1) is 0 Å². The van der Waals surface area contributed by atoms with Gasteiger partial charge in [0.25, 0.3) is 0 Å². The van der Waals surface area contributed by atoms with Crippen molar-refractivity contribution in [3.63, 3.8) is 0 Å². The third-order valence-electron chi connectivity index (χ3n) is 4.96. The predicted octanol–water partition coefficient (Wildman–Crippen LogP) is 2.43. The minimum absolute atomic E-state index is 0.0218. The molecule has 1 aromatic rings. The van der Waals surface area contributed by atoms with Crippen LogP contribution in [-0.2, 0) is 14.3 Å². The molecule has 2 fully saturated rings. The molecule has 1 N–H and O–H groups in total. The highest BCUT2D eigenvalue weighted by Gasteiger charge is 2.36. The van der Waals surface area contributed by atoms with Gasteiger partial charge < -0.3 is 15.0 Å². The molecule has 130 valence electrons. The fourth-order valence-electron chi connectivity index (χ4n) is 3.46. The Bertz CT molecular complexity index is 614. The summed E-state index contributed by atoms with van der Waals surface area (Å²) in [6, 6.07) is 5.88. The minimum atomic E-state index is -0.374.